The normalized spacial score (nSPS) is 17.8. The molecule has 1 saturated carbocycles. The highest BCUT2D eigenvalue weighted by atomic mass is 16.5. The van der Waals surface area contributed by atoms with Gasteiger partial charge in [0.15, 0.2) is 0 Å². The van der Waals surface area contributed by atoms with E-state index in [1.165, 1.54) is 19.3 Å². The van der Waals surface area contributed by atoms with Gasteiger partial charge in [-0.15, -0.1) is 0 Å². The number of hydrogen-bond donors (Lipinski definition) is 1. The molecule has 1 aliphatic carbocycles. The van der Waals surface area contributed by atoms with E-state index in [-0.39, 0.29) is 17.9 Å². The number of rotatable bonds is 7. The molecule has 0 heterocycles. The van der Waals surface area contributed by atoms with Crippen molar-refractivity contribution in [2.24, 2.45) is 0 Å². The molecule has 5 nitrogen and oxygen atoms in total. The minimum absolute atomic E-state index is 0.0586. The smallest absolute Gasteiger partial charge is 0.307 e. The van der Waals surface area contributed by atoms with E-state index in [2.05, 4.69) is 5.32 Å². The highest BCUT2D eigenvalue weighted by molar-refractivity contribution is 5.81. The first-order valence-electron chi connectivity index (χ1n) is 7.70. The van der Waals surface area contributed by atoms with Gasteiger partial charge in [-0.25, -0.2) is 0 Å². The van der Waals surface area contributed by atoms with Gasteiger partial charge in [-0.1, -0.05) is 19.3 Å². The second-order valence-electron chi connectivity index (χ2n) is 5.56. The summed E-state index contributed by atoms with van der Waals surface area (Å²) >= 11 is 0. The summed E-state index contributed by atoms with van der Waals surface area (Å²) in [6, 6.07) is 0.114. The highest BCUT2D eigenvalue weighted by Crippen LogP contribution is 2.17. The van der Waals surface area contributed by atoms with Crippen molar-refractivity contribution in [1.29, 1.82) is 0 Å². The molecule has 1 amide bonds. The van der Waals surface area contributed by atoms with Crippen molar-refractivity contribution in [3.63, 3.8) is 0 Å². The maximum Gasteiger partial charge on any atom is 0.307 e. The van der Waals surface area contributed by atoms with Crippen LogP contribution in [-0.2, 0) is 14.3 Å². The third kappa shape index (κ3) is 5.90. The molecule has 1 rings (SSSR count). The Morgan fingerprint density at radius 3 is 2.55 bits per heavy atom. The van der Waals surface area contributed by atoms with Gasteiger partial charge in [0.1, 0.15) is 0 Å². The number of esters is 1. The van der Waals surface area contributed by atoms with Crippen LogP contribution < -0.4 is 5.32 Å². The molecule has 0 aliphatic heterocycles. The standard InChI is InChI=1S/C15H28N2O3/c1-4-20-14(18)10-11-17(3)12(2)15(19)16-13-8-6-5-7-9-13/h12-13H,4-11H2,1-3H3,(H,16,19). The molecular weight excluding hydrogens is 256 g/mol. The Kier molecular flexibility index (Phi) is 7.59. The van der Waals surface area contributed by atoms with Gasteiger partial charge in [0, 0.05) is 12.6 Å². The molecule has 0 aromatic rings. The Bertz CT molecular complexity index is 314. The molecule has 1 unspecified atom stereocenters. The number of carbonyl (C=O) groups excluding carboxylic acids is 2. The molecule has 0 spiro atoms. The summed E-state index contributed by atoms with van der Waals surface area (Å²) in [5.41, 5.74) is 0. The van der Waals surface area contributed by atoms with Crippen LogP contribution in [0.25, 0.3) is 0 Å². The number of nitrogens with zero attached hydrogens (tertiary/aromatic N) is 1. The molecule has 0 saturated heterocycles. The van der Waals surface area contributed by atoms with Gasteiger partial charge in [0.05, 0.1) is 19.1 Å². The molecule has 116 valence electrons. The van der Waals surface area contributed by atoms with Crippen molar-refractivity contribution >= 4 is 11.9 Å². The van der Waals surface area contributed by atoms with E-state index in [9.17, 15) is 9.59 Å². The van der Waals surface area contributed by atoms with Gasteiger partial charge in [0.25, 0.3) is 0 Å². The average molecular weight is 284 g/mol. The van der Waals surface area contributed by atoms with Crippen LogP contribution in [0, 0.1) is 0 Å². The summed E-state index contributed by atoms with van der Waals surface area (Å²) in [7, 11) is 1.87. The van der Waals surface area contributed by atoms with Crippen LogP contribution in [0.1, 0.15) is 52.4 Å². The Labute approximate surface area is 122 Å². The van der Waals surface area contributed by atoms with Crippen molar-refractivity contribution in [3.05, 3.63) is 0 Å². The van der Waals surface area contributed by atoms with Gasteiger partial charge in [-0.05, 0) is 33.7 Å². The molecule has 1 atom stereocenters. The van der Waals surface area contributed by atoms with Gasteiger partial charge in [-0.3, -0.25) is 14.5 Å². The number of hydrogen-bond acceptors (Lipinski definition) is 4. The summed E-state index contributed by atoms with van der Waals surface area (Å²) in [6.07, 6.45) is 6.19. The van der Waals surface area contributed by atoms with E-state index < -0.39 is 0 Å². The minimum Gasteiger partial charge on any atom is -0.466 e. The zero-order chi connectivity index (χ0) is 15.0. The number of carbonyl (C=O) groups is 2. The lowest BCUT2D eigenvalue weighted by Gasteiger charge is -2.28. The Balaban J connectivity index is 2.29. The Hall–Kier alpha value is -1.10. The van der Waals surface area contributed by atoms with Crippen molar-refractivity contribution in [1.82, 2.24) is 10.2 Å². The quantitative estimate of drug-likeness (QED) is 0.723. The number of amides is 1. The topological polar surface area (TPSA) is 58.6 Å². The van der Waals surface area contributed by atoms with Crippen molar-refractivity contribution in [2.75, 3.05) is 20.2 Å². The third-order valence-electron chi connectivity index (χ3n) is 3.97. The fourth-order valence-electron chi connectivity index (χ4n) is 2.46. The molecule has 0 aromatic carbocycles. The van der Waals surface area contributed by atoms with Crippen molar-refractivity contribution < 1.29 is 14.3 Å². The second-order valence-corrected chi connectivity index (χ2v) is 5.56. The maximum atomic E-state index is 12.2. The van der Waals surface area contributed by atoms with Gasteiger partial charge in [0.2, 0.25) is 5.91 Å². The summed E-state index contributed by atoms with van der Waals surface area (Å²) in [5.74, 6) is -0.150. The average Bonchev–Trinajstić information content (AvgIpc) is 2.45. The molecule has 20 heavy (non-hydrogen) atoms. The minimum atomic E-state index is -0.216. The number of ether oxygens (including phenoxy) is 1. The van der Waals surface area contributed by atoms with Crippen LogP contribution in [0.4, 0.5) is 0 Å². The lowest BCUT2D eigenvalue weighted by molar-refractivity contribution is -0.144. The number of likely N-dealkylation sites (N-methyl/N-ethyl adjacent to an activating group) is 1. The molecule has 5 heteroatoms. The fraction of sp³-hybridized carbons (Fsp3) is 0.867. The van der Waals surface area contributed by atoms with Crippen LogP contribution in [0.2, 0.25) is 0 Å². The first-order chi connectivity index (χ1) is 9.54. The molecule has 0 bridgehead atoms. The molecule has 0 aromatic heterocycles. The van der Waals surface area contributed by atoms with Crippen LogP contribution in [0.3, 0.4) is 0 Å². The van der Waals surface area contributed by atoms with E-state index in [4.69, 9.17) is 4.74 Å². The van der Waals surface area contributed by atoms with Crippen molar-refractivity contribution in [2.45, 2.75) is 64.5 Å². The van der Waals surface area contributed by atoms with E-state index in [0.717, 1.165) is 12.8 Å². The molecular formula is C15H28N2O3. The molecule has 0 radical (unpaired) electrons. The second kappa shape index (κ2) is 8.95. The number of nitrogens with one attached hydrogen (secondary N) is 1. The van der Waals surface area contributed by atoms with E-state index in [1.54, 1.807) is 6.92 Å². The summed E-state index contributed by atoms with van der Waals surface area (Å²) in [6.45, 7) is 4.61. The van der Waals surface area contributed by atoms with Crippen LogP contribution in [-0.4, -0.2) is 49.1 Å². The predicted molar refractivity (Wildman–Crippen MR) is 78.4 cm³/mol. The summed E-state index contributed by atoms with van der Waals surface area (Å²) < 4.78 is 4.89. The van der Waals surface area contributed by atoms with Crippen LogP contribution in [0.5, 0.6) is 0 Å². The first-order valence-corrected chi connectivity index (χ1v) is 7.70. The summed E-state index contributed by atoms with van der Waals surface area (Å²) in [5, 5.41) is 3.12. The fourth-order valence-corrected chi connectivity index (χ4v) is 2.46. The van der Waals surface area contributed by atoms with Gasteiger partial charge >= 0.3 is 5.97 Å². The van der Waals surface area contributed by atoms with Gasteiger partial charge in [-0.2, -0.15) is 0 Å². The van der Waals surface area contributed by atoms with Crippen LogP contribution >= 0.6 is 0 Å². The monoisotopic (exact) mass is 284 g/mol. The molecule has 1 fully saturated rings. The largest absolute Gasteiger partial charge is 0.466 e. The SMILES string of the molecule is CCOC(=O)CCN(C)C(C)C(=O)NC1CCCCC1. The highest BCUT2D eigenvalue weighted by Gasteiger charge is 2.22. The maximum absolute atomic E-state index is 12.2. The summed E-state index contributed by atoms with van der Waals surface area (Å²) in [4.78, 5) is 25.4. The zero-order valence-corrected chi connectivity index (χ0v) is 13.0. The van der Waals surface area contributed by atoms with E-state index >= 15 is 0 Å². The molecule has 1 N–H and O–H groups in total. The van der Waals surface area contributed by atoms with E-state index in [1.807, 2.05) is 18.9 Å². The lowest BCUT2D eigenvalue weighted by Crippen LogP contribution is -2.47. The molecule has 1 aliphatic rings. The Morgan fingerprint density at radius 2 is 1.95 bits per heavy atom. The van der Waals surface area contributed by atoms with Crippen LogP contribution in [0.15, 0.2) is 0 Å². The first kappa shape index (κ1) is 17.0. The zero-order valence-electron chi connectivity index (χ0n) is 13.0. The Morgan fingerprint density at radius 1 is 1.30 bits per heavy atom. The predicted octanol–water partition coefficient (Wildman–Crippen LogP) is 1.71. The van der Waals surface area contributed by atoms with Gasteiger partial charge < -0.3 is 10.1 Å². The van der Waals surface area contributed by atoms with Crippen molar-refractivity contribution in [3.8, 4) is 0 Å². The third-order valence-corrected chi connectivity index (χ3v) is 3.97. The lowest BCUT2D eigenvalue weighted by atomic mass is 9.95. The van der Waals surface area contributed by atoms with E-state index in [0.29, 0.717) is 25.6 Å².